The molecular weight excluding hydrogens is 302 g/mol. The lowest BCUT2D eigenvalue weighted by Crippen LogP contribution is -2.35. The van der Waals surface area contributed by atoms with Gasteiger partial charge in [0.2, 0.25) is 0 Å². The third-order valence-electron chi connectivity index (χ3n) is 4.81. The zero-order valence-electron chi connectivity index (χ0n) is 14.9. The van der Waals surface area contributed by atoms with Gasteiger partial charge in [-0.25, -0.2) is 0 Å². The van der Waals surface area contributed by atoms with E-state index in [4.69, 9.17) is 9.84 Å². The lowest BCUT2D eigenvalue weighted by atomic mass is 9.97. The number of unbranched alkanes of at least 4 members (excludes halogenated alkanes) is 4. The lowest BCUT2D eigenvalue weighted by molar-refractivity contribution is -0.143. The molecule has 4 nitrogen and oxygen atoms in total. The van der Waals surface area contributed by atoms with E-state index in [2.05, 4.69) is 17.9 Å². The molecule has 2 rings (SSSR count). The molecule has 0 unspecified atom stereocenters. The molecule has 0 aromatic heterocycles. The van der Waals surface area contributed by atoms with Crippen molar-refractivity contribution in [2.75, 3.05) is 19.7 Å². The second-order valence-corrected chi connectivity index (χ2v) is 6.76. The van der Waals surface area contributed by atoms with Crippen LogP contribution >= 0.6 is 0 Å². The lowest BCUT2D eigenvalue weighted by Gasteiger charge is -2.30. The third-order valence-corrected chi connectivity index (χ3v) is 4.81. The number of piperidine rings is 1. The highest BCUT2D eigenvalue weighted by Gasteiger charge is 2.24. The van der Waals surface area contributed by atoms with E-state index in [0.29, 0.717) is 0 Å². The van der Waals surface area contributed by atoms with Crippen LogP contribution in [0.1, 0.15) is 57.4 Å². The number of ether oxygens (including phenoxy) is 1. The number of nitrogens with zero attached hydrogens (tertiary/aromatic N) is 1. The van der Waals surface area contributed by atoms with Gasteiger partial charge in [-0.15, -0.1) is 0 Å². The zero-order valence-corrected chi connectivity index (χ0v) is 14.9. The zero-order chi connectivity index (χ0) is 17.2. The number of carboxylic acids is 1. The fourth-order valence-electron chi connectivity index (χ4n) is 3.24. The van der Waals surface area contributed by atoms with Crippen molar-refractivity contribution in [1.82, 2.24) is 4.90 Å². The summed E-state index contributed by atoms with van der Waals surface area (Å²) < 4.78 is 6.00. The van der Waals surface area contributed by atoms with Gasteiger partial charge in [0, 0.05) is 12.1 Å². The van der Waals surface area contributed by atoms with E-state index in [9.17, 15) is 4.79 Å². The van der Waals surface area contributed by atoms with E-state index in [1.165, 1.54) is 31.2 Å². The van der Waals surface area contributed by atoms with Gasteiger partial charge in [0.1, 0.15) is 5.75 Å². The Balaban J connectivity index is 1.78. The summed E-state index contributed by atoms with van der Waals surface area (Å²) in [5.41, 5.74) is 1.21. The van der Waals surface area contributed by atoms with Crippen LogP contribution in [0.25, 0.3) is 0 Å². The fourth-order valence-corrected chi connectivity index (χ4v) is 3.24. The van der Waals surface area contributed by atoms with Gasteiger partial charge in [-0.1, -0.05) is 50.8 Å². The highest BCUT2D eigenvalue weighted by atomic mass is 16.5. The van der Waals surface area contributed by atoms with Crippen LogP contribution in [0.4, 0.5) is 0 Å². The number of para-hydroxylation sites is 1. The number of likely N-dealkylation sites (tertiary alicyclic amines) is 1. The number of aliphatic carboxylic acids is 1. The minimum atomic E-state index is -0.651. The highest BCUT2D eigenvalue weighted by Crippen LogP contribution is 2.24. The Morgan fingerprint density at radius 1 is 1.17 bits per heavy atom. The topological polar surface area (TPSA) is 49.8 Å². The van der Waals surface area contributed by atoms with Crippen LogP contribution in [0, 0.1) is 5.92 Å². The maximum Gasteiger partial charge on any atom is 0.306 e. The molecule has 0 aliphatic carbocycles. The van der Waals surface area contributed by atoms with E-state index in [-0.39, 0.29) is 5.92 Å². The van der Waals surface area contributed by atoms with Gasteiger partial charge in [-0.3, -0.25) is 9.69 Å². The largest absolute Gasteiger partial charge is 0.493 e. The van der Waals surface area contributed by atoms with E-state index >= 15 is 0 Å². The summed E-state index contributed by atoms with van der Waals surface area (Å²) in [5.74, 6) is 0.158. The Morgan fingerprint density at radius 3 is 2.58 bits per heavy atom. The van der Waals surface area contributed by atoms with Crippen LogP contribution in [-0.2, 0) is 11.3 Å². The van der Waals surface area contributed by atoms with Gasteiger partial charge in [0.05, 0.1) is 12.5 Å². The minimum absolute atomic E-state index is 0.170. The Hall–Kier alpha value is -1.55. The summed E-state index contributed by atoms with van der Waals surface area (Å²) in [6.07, 6.45) is 7.70. The third kappa shape index (κ3) is 6.16. The monoisotopic (exact) mass is 333 g/mol. The molecule has 1 aromatic rings. The average molecular weight is 333 g/mol. The van der Waals surface area contributed by atoms with Crippen molar-refractivity contribution in [2.45, 2.75) is 58.4 Å². The predicted octanol–water partition coefficient (Wildman–Crippen LogP) is 4.33. The number of carbonyl (C=O) groups is 1. The number of carboxylic acid groups (broad SMARTS) is 1. The number of hydrogen-bond acceptors (Lipinski definition) is 3. The molecule has 0 amide bonds. The first-order chi connectivity index (χ1) is 11.7. The van der Waals surface area contributed by atoms with E-state index in [1.807, 2.05) is 18.2 Å². The van der Waals surface area contributed by atoms with Crippen molar-refractivity contribution >= 4 is 5.97 Å². The van der Waals surface area contributed by atoms with Gasteiger partial charge in [-0.2, -0.15) is 0 Å². The van der Waals surface area contributed by atoms with Crippen LogP contribution in [-0.4, -0.2) is 35.7 Å². The number of rotatable bonds is 10. The molecule has 0 atom stereocenters. The molecule has 1 fully saturated rings. The summed E-state index contributed by atoms with van der Waals surface area (Å²) in [6.45, 7) is 5.55. The molecule has 134 valence electrons. The summed E-state index contributed by atoms with van der Waals surface area (Å²) in [5, 5.41) is 9.09. The van der Waals surface area contributed by atoms with Crippen molar-refractivity contribution < 1.29 is 14.6 Å². The molecule has 1 aliphatic rings. The normalized spacial score (nSPS) is 16.2. The Labute approximate surface area is 145 Å². The van der Waals surface area contributed by atoms with Crippen LogP contribution in [0.15, 0.2) is 24.3 Å². The first-order valence-electron chi connectivity index (χ1n) is 9.36. The molecule has 1 aliphatic heterocycles. The molecule has 1 saturated heterocycles. The van der Waals surface area contributed by atoms with Crippen molar-refractivity contribution in [3.63, 3.8) is 0 Å². The van der Waals surface area contributed by atoms with Gasteiger partial charge < -0.3 is 9.84 Å². The molecule has 4 heteroatoms. The Kier molecular flexibility index (Phi) is 8.10. The Morgan fingerprint density at radius 2 is 1.88 bits per heavy atom. The highest BCUT2D eigenvalue weighted by molar-refractivity contribution is 5.70. The fraction of sp³-hybridized carbons (Fsp3) is 0.650. The molecule has 0 saturated carbocycles. The van der Waals surface area contributed by atoms with Crippen molar-refractivity contribution in [1.29, 1.82) is 0 Å². The molecular formula is C20H31NO3. The van der Waals surface area contributed by atoms with E-state index in [0.717, 1.165) is 51.3 Å². The van der Waals surface area contributed by atoms with Crippen LogP contribution in [0.2, 0.25) is 0 Å². The molecule has 1 heterocycles. The van der Waals surface area contributed by atoms with Crippen molar-refractivity contribution in [2.24, 2.45) is 5.92 Å². The first kappa shape index (κ1) is 18.8. The summed E-state index contributed by atoms with van der Waals surface area (Å²) in [4.78, 5) is 13.4. The van der Waals surface area contributed by atoms with Crippen molar-refractivity contribution in [3.05, 3.63) is 29.8 Å². The van der Waals surface area contributed by atoms with Crippen LogP contribution in [0.5, 0.6) is 5.75 Å². The molecule has 1 N–H and O–H groups in total. The maximum atomic E-state index is 11.0. The Bertz CT molecular complexity index is 495. The second kappa shape index (κ2) is 10.3. The van der Waals surface area contributed by atoms with E-state index < -0.39 is 5.97 Å². The predicted molar refractivity (Wildman–Crippen MR) is 96.3 cm³/mol. The molecule has 0 spiro atoms. The summed E-state index contributed by atoms with van der Waals surface area (Å²) in [6, 6.07) is 8.24. The van der Waals surface area contributed by atoms with Crippen LogP contribution < -0.4 is 4.74 Å². The summed E-state index contributed by atoms with van der Waals surface area (Å²) in [7, 11) is 0. The van der Waals surface area contributed by atoms with Gasteiger partial charge in [-0.05, 0) is 38.4 Å². The smallest absolute Gasteiger partial charge is 0.306 e. The molecule has 0 radical (unpaired) electrons. The van der Waals surface area contributed by atoms with Crippen molar-refractivity contribution in [3.8, 4) is 5.75 Å². The molecule has 0 bridgehead atoms. The average Bonchev–Trinajstić information content (AvgIpc) is 2.60. The van der Waals surface area contributed by atoms with Gasteiger partial charge >= 0.3 is 5.97 Å². The van der Waals surface area contributed by atoms with Gasteiger partial charge in [0.15, 0.2) is 0 Å². The minimum Gasteiger partial charge on any atom is -0.493 e. The quantitative estimate of drug-likeness (QED) is 0.647. The first-order valence-corrected chi connectivity index (χ1v) is 9.36. The molecule has 24 heavy (non-hydrogen) atoms. The SMILES string of the molecule is CCCCCCCOc1ccccc1CN1CCC(C(=O)O)CC1. The second-order valence-electron chi connectivity index (χ2n) is 6.76. The number of hydrogen-bond donors (Lipinski definition) is 1. The summed E-state index contributed by atoms with van der Waals surface area (Å²) >= 11 is 0. The number of benzene rings is 1. The standard InChI is InChI=1S/C20H31NO3/c1-2-3-4-5-8-15-24-19-10-7-6-9-18(19)16-21-13-11-17(12-14-21)20(22)23/h6-7,9-10,17H,2-5,8,11-16H2,1H3,(H,22,23). The maximum absolute atomic E-state index is 11.0. The van der Waals surface area contributed by atoms with Gasteiger partial charge in [0.25, 0.3) is 0 Å². The van der Waals surface area contributed by atoms with Crippen LogP contribution in [0.3, 0.4) is 0 Å². The molecule has 1 aromatic carbocycles. The van der Waals surface area contributed by atoms with E-state index in [1.54, 1.807) is 0 Å².